The lowest BCUT2D eigenvalue weighted by Gasteiger charge is -2.34. The van der Waals surface area contributed by atoms with Crippen LogP contribution in [-0.4, -0.2) is 30.6 Å². The Labute approximate surface area is 88.7 Å². The van der Waals surface area contributed by atoms with Gasteiger partial charge in [0.15, 0.2) is 0 Å². The fraction of sp³-hybridized carbons (Fsp3) is 1.00. The first kappa shape index (κ1) is 15.5. The van der Waals surface area contributed by atoms with E-state index in [2.05, 4.69) is 4.74 Å². The molecule has 0 rings (SSSR count). The molecule has 0 saturated carbocycles. The summed E-state index contributed by atoms with van der Waals surface area (Å²) < 4.78 is 76.9. The predicted molar refractivity (Wildman–Crippen MR) is 44.7 cm³/mol. The molecule has 0 aliphatic rings. The minimum atomic E-state index is -5.50. The van der Waals surface area contributed by atoms with Gasteiger partial charge < -0.3 is 10.5 Å². The Morgan fingerprint density at radius 3 is 1.62 bits per heavy atom. The van der Waals surface area contributed by atoms with Crippen LogP contribution in [0.15, 0.2) is 0 Å². The van der Waals surface area contributed by atoms with Gasteiger partial charge in [0, 0.05) is 6.54 Å². The summed E-state index contributed by atoms with van der Waals surface area (Å²) in [7, 11) is 0. The van der Waals surface area contributed by atoms with Crippen molar-refractivity contribution in [3.63, 3.8) is 0 Å². The minimum Gasteiger partial charge on any atom is -0.353 e. The molecule has 98 valence electrons. The molecule has 16 heavy (non-hydrogen) atoms. The van der Waals surface area contributed by atoms with Crippen LogP contribution in [0.5, 0.6) is 0 Å². The predicted octanol–water partition coefficient (Wildman–Crippen LogP) is 2.62. The van der Waals surface area contributed by atoms with Crippen molar-refractivity contribution < 1.29 is 31.1 Å². The van der Waals surface area contributed by atoms with Crippen molar-refractivity contribution in [3.05, 3.63) is 0 Å². The fourth-order valence-corrected chi connectivity index (χ4v) is 0.880. The maximum absolute atomic E-state index is 12.1. The van der Waals surface area contributed by atoms with Crippen molar-refractivity contribution in [3.8, 4) is 0 Å². The second-order valence-electron chi connectivity index (χ2n) is 3.59. The van der Waals surface area contributed by atoms with Gasteiger partial charge in [-0.2, -0.15) is 26.3 Å². The lowest BCUT2D eigenvalue weighted by Crippen LogP contribution is -2.51. The standard InChI is InChI=1S/C8H13F6NO/c1-3-6(2,4-15)16-5(7(9,10)11)8(12,13)14/h5H,3-4,15H2,1-2H3. The van der Waals surface area contributed by atoms with Gasteiger partial charge in [-0.3, -0.25) is 0 Å². The van der Waals surface area contributed by atoms with E-state index in [0.29, 0.717) is 0 Å². The second kappa shape index (κ2) is 4.79. The number of nitrogens with two attached hydrogens (primary N) is 1. The molecule has 0 radical (unpaired) electrons. The molecule has 0 aromatic carbocycles. The molecule has 0 aromatic heterocycles. The van der Waals surface area contributed by atoms with Crippen molar-refractivity contribution in [1.82, 2.24) is 0 Å². The largest absolute Gasteiger partial charge is 0.423 e. The molecule has 0 heterocycles. The highest BCUT2D eigenvalue weighted by Gasteiger charge is 2.59. The summed E-state index contributed by atoms with van der Waals surface area (Å²) in [6.07, 6.45) is -14.8. The van der Waals surface area contributed by atoms with Crippen molar-refractivity contribution in [2.75, 3.05) is 6.54 Å². The van der Waals surface area contributed by atoms with E-state index in [1.54, 1.807) is 0 Å². The number of hydrogen-bond acceptors (Lipinski definition) is 2. The van der Waals surface area contributed by atoms with E-state index in [4.69, 9.17) is 5.73 Å². The van der Waals surface area contributed by atoms with Crippen LogP contribution in [0, 0.1) is 0 Å². The van der Waals surface area contributed by atoms with Gasteiger partial charge in [0.25, 0.3) is 0 Å². The summed E-state index contributed by atoms with van der Waals surface area (Å²) in [6.45, 7) is 2.08. The molecule has 2 N–H and O–H groups in total. The van der Waals surface area contributed by atoms with Gasteiger partial charge in [0.05, 0.1) is 5.60 Å². The van der Waals surface area contributed by atoms with E-state index >= 15 is 0 Å². The van der Waals surface area contributed by atoms with E-state index in [1.807, 2.05) is 0 Å². The Morgan fingerprint density at radius 2 is 1.44 bits per heavy atom. The van der Waals surface area contributed by atoms with Crippen LogP contribution >= 0.6 is 0 Å². The molecule has 8 heteroatoms. The van der Waals surface area contributed by atoms with Crippen LogP contribution in [0.1, 0.15) is 20.3 Å². The smallest absolute Gasteiger partial charge is 0.353 e. The first-order valence-electron chi connectivity index (χ1n) is 4.47. The van der Waals surface area contributed by atoms with Crippen LogP contribution in [-0.2, 0) is 4.74 Å². The van der Waals surface area contributed by atoms with E-state index < -0.39 is 30.6 Å². The molecule has 0 aromatic rings. The van der Waals surface area contributed by atoms with Crippen molar-refractivity contribution in [2.45, 2.75) is 44.3 Å². The Hall–Kier alpha value is -0.500. The zero-order valence-corrected chi connectivity index (χ0v) is 8.74. The molecular weight excluding hydrogens is 240 g/mol. The number of rotatable bonds is 4. The molecule has 1 atom stereocenters. The minimum absolute atomic E-state index is 0.0494. The summed E-state index contributed by atoms with van der Waals surface area (Å²) in [5.74, 6) is 0. The maximum Gasteiger partial charge on any atom is 0.423 e. The number of ether oxygens (including phenoxy) is 1. The molecule has 0 saturated heterocycles. The monoisotopic (exact) mass is 253 g/mol. The lowest BCUT2D eigenvalue weighted by molar-refractivity contribution is -0.342. The summed E-state index contributed by atoms with van der Waals surface area (Å²) in [4.78, 5) is 0. The molecular formula is C8H13F6NO. The number of hydrogen-bond donors (Lipinski definition) is 1. The first-order chi connectivity index (χ1) is 6.96. The fourth-order valence-electron chi connectivity index (χ4n) is 0.880. The third kappa shape index (κ3) is 4.17. The van der Waals surface area contributed by atoms with Crippen LogP contribution in [0.4, 0.5) is 26.3 Å². The highest BCUT2D eigenvalue weighted by molar-refractivity contribution is 4.83. The zero-order valence-electron chi connectivity index (χ0n) is 8.74. The van der Waals surface area contributed by atoms with Gasteiger partial charge in [-0.05, 0) is 13.3 Å². The first-order valence-corrected chi connectivity index (χ1v) is 4.47. The van der Waals surface area contributed by atoms with Crippen molar-refractivity contribution >= 4 is 0 Å². The Morgan fingerprint density at radius 1 is 1.06 bits per heavy atom. The molecule has 0 spiro atoms. The number of alkyl halides is 6. The Bertz CT molecular complexity index is 206. The highest BCUT2D eigenvalue weighted by Crippen LogP contribution is 2.38. The molecule has 0 bridgehead atoms. The molecule has 0 amide bonds. The topological polar surface area (TPSA) is 35.2 Å². The summed E-state index contributed by atoms with van der Waals surface area (Å²) in [6, 6.07) is 0. The third-order valence-electron chi connectivity index (χ3n) is 2.18. The van der Waals surface area contributed by atoms with E-state index in [9.17, 15) is 26.3 Å². The molecule has 0 aliphatic carbocycles. The van der Waals surface area contributed by atoms with E-state index in [0.717, 1.165) is 6.92 Å². The van der Waals surface area contributed by atoms with Gasteiger partial charge in [0.2, 0.25) is 6.10 Å². The molecule has 1 unspecified atom stereocenters. The molecule has 0 fully saturated rings. The average Bonchev–Trinajstić information content (AvgIpc) is 2.10. The van der Waals surface area contributed by atoms with Gasteiger partial charge in [-0.1, -0.05) is 6.92 Å². The van der Waals surface area contributed by atoms with Crippen molar-refractivity contribution in [2.24, 2.45) is 5.73 Å². The van der Waals surface area contributed by atoms with Crippen LogP contribution in [0.25, 0.3) is 0 Å². The van der Waals surface area contributed by atoms with Crippen LogP contribution < -0.4 is 5.73 Å². The van der Waals surface area contributed by atoms with Gasteiger partial charge in [-0.25, -0.2) is 0 Å². The normalized spacial score (nSPS) is 17.6. The van der Waals surface area contributed by atoms with Gasteiger partial charge in [-0.15, -0.1) is 0 Å². The quantitative estimate of drug-likeness (QED) is 0.782. The van der Waals surface area contributed by atoms with Gasteiger partial charge >= 0.3 is 12.4 Å². The second-order valence-corrected chi connectivity index (χ2v) is 3.59. The average molecular weight is 253 g/mol. The summed E-state index contributed by atoms with van der Waals surface area (Å²) in [5, 5.41) is 0. The SMILES string of the molecule is CCC(C)(CN)OC(C(F)(F)F)C(F)(F)F. The molecule has 2 nitrogen and oxygen atoms in total. The number of halogens is 6. The van der Waals surface area contributed by atoms with Crippen molar-refractivity contribution in [1.29, 1.82) is 0 Å². The Balaban J connectivity index is 4.97. The summed E-state index contributed by atoms with van der Waals surface area (Å²) >= 11 is 0. The third-order valence-corrected chi connectivity index (χ3v) is 2.18. The van der Waals surface area contributed by atoms with E-state index in [1.165, 1.54) is 6.92 Å². The summed E-state index contributed by atoms with van der Waals surface area (Å²) in [5.41, 5.74) is 3.45. The zero-order chi connectivity index (χ0) is 13.2. The van der Waals surface area contributed by atoms with Crippen LogP contribution in [0.3, 0.4) is 0 Å². The lowest BCUT2D eigenvalue weighted by atomic mass is 10.0. The van der Waals surface area contributed by atoms with Crippen LogP contribution in [0.2, 0.25) is 0 Å². The van der Waals surface area contributed by atoms with Gasteiger partial charge in [0.1, 0.15) is 0 Å². The Kier molecular flexibility index (Phi) is 4.64. The molecule has 0 aliphatic heterocycles. The highest BCUT2D eigenvalue weighted by atomic mass is 19.4. The maximum atomic E-state index is 12.1. The van der Waals surface area contributed by atoms with E-state index in [-0.39, 0.29) is 6.42 Å².